The van der Waals surface area contributed by atoms with E-state index in [1.807, 2.05) is 31.4 Å². The molecule has 0 atom stereocenters. The van der Waals surface area contributed by atoms with Crippen LogP contribution in [0.25, 0.3) is 11.8 Å². The number of rotatable bonds is 5. The van der Waals surface area contributed by atoms with Crippen molar-refractivity contribution in [2.45, 2.75) is 27.7 Å². The zero-order valence-corrected chi connectivity index (χ0v) is 21.1. The van der Waals surface area contributed by atoms with Gasteiger partial charge in [-0.25, -0.2) is 14.2 Å². The fourth-order valence-corrected chi connectivity index (χ4v) is 4.91. The van der Waals surface area contributed by atoms with E-state index in [4.69, 9.17) is 4.74 Å². The molecule has 0 radical (unpaired) electrons. The minimum Gasteiger partial charge on any atom is -0.506 e. The molecule has 4 rings (SSSR count). The number of aryl methyl sites for hydroxylation is 2. The topological polar surface area (TPSA) is 80.9 Å². The molecule has 1 N–H and O–H groups in total. The van der Waals surface area contributed by atoms with Crippen LogP contribution in [0, 0.1) is 26.6 Å². The first-order chi connectivity index (χ1) is 17.2. The van der Waals surface area contributed by atoms with Crippen molar-refractivity contribution in [1.29, 1.82) is 0 Å². The Morgan fingerprint density at radius 1 is 1.08 bits per heavy atom. The normalized spacial score (nSPS) is 15.7. The van der Waals surface area contributed by atoms with Crippen LogP contribution in [-0.2, 0) is 9.53 Å². The summed E-state index contributed by atoms with van der Waals surface area (Å²) < 4.78 is 20.5. The summed E-state index contributed by atoms with van der Waals surface area (Å²) in [7, 11) is 0. The number of ether oxygens (including phenoxy) is 1. The standard InChI is InChI=1S/C28H25FN2O4S/c1-5-35-28(34)24-25(32)23(36-27(24)30-26(33)19-8-6-16(2)7-9-19)15-20-14-17(3)31(18(20)4)22-12-10-21(29)11-13-22/h6-15,32H,5H2,1-4H3/b23-15-,30-27?. The van der Waals surface area contributed by atoms with Crippen molar-refractivity contribution < 1.29 is 23.8 Å². The highest BCUT2D eigenvalue weighted by Crippen LogP contribution is 2.40. The van der Waals surface area contributed by atoms with Crippen LogP contribution in [0.15, 0.2) is 75.8 Å². The minimum atomic E-state index is -0.752. The van der Waals surface area contributed by atoms with Gasteiger partial charge in [-0.2, -0.15) is 0 Å². The minimum absolute atomic E-state index is 0.0788. The molecule has 0 saturated heterocycles. The van der Waals surface area contributed by atoms with Crippen LogP contribution in [0.3, 0.4) is 0 Å². The monoisotopic (exact) mass is 504 g/mol. The summed E-state index contributed by atoms with van der Waals surface area (Å²) in [6.07, 6.45) is 1.74. The molecular formula is C28H25FN2O4S. The first-order valence-corrected chi connectivity index (χ1v) is 12.2. The van der Waals surface area contributed by atoms with Crippen molar-refractivity contribution in [3.8, 4) is 5.69 Å². The number of aliphatic hydroxyl groups excluding tert-OH is 1. The molecule has 0 unspecified atom stereocenters. The van der Waals surface area contributed by atoms with E-state index in [0.717, 1.165) is 40.0 Å². The maximum absolute atomic E-state index is 13.4. The summed E-state index contributed by atoms with van der Waals surface area (Å²) in [5.74, 6) is -1.89. The third-order valence-corrected chi connectivity index (χ3v) is 6.73. The van der Waals surface area contributed by atoms with Gasteiger partial charge in [-0.1, -0.05) is 29.5 Å². The fraction of sp³-hybridized carbons (Fsp3) is 0.179. The molecule has 1 aliphatic heterocycles. The average Bonchev–Trinajstić information content (AvgIpc) is 3.29. The summed E-state index contributed by atoms with van der Waals surface area (Å²) in [5, 5.41) is 11.0. The van der Waals surface area contributed by atoms with Crippen LogP contribution in [0.5, 0.6) is 0 Å². The highest BCUT2D eigenvalue weighted by molar-refractivity contribution is 8.18. The Morgan fingerprint density at radius 3 is 2.39 bits per heavy atom. The molecule has 3 aromatic rings. The van der Waals surface area contributed by atoms with Crippen LogP contribution in [-0.4, -0.2) is 33.2 Å². The van der Waals surface area contributed by atoms with Gasteiger partial charge in [-0.3, -0.25) is 4.79 Å². The van der Waals surface area contributed by atoms with Gasteiger partial charge < -0.3 is 14.4 Å². The molecule has 0 spiro atoms. The van der Waals surface area contributed by atoms with E-state index in [9.17, 15) is 19.1 Å². The molecule has 1 aliphatic rings. The van der Waals surface area contributed by atoms with Crippen molar-refractivity contribution in [2.75, 3.05) is 6.61 Å². The lowest BCUT2D eigenvalue weighted by molar-refractivity contribution is -0.138. The van der Waals surface area contributed by atoms with Gasteiger partial charge in [-0.15, -0.1) is 0 Å². The van der Waals surface area contributed by atoms with E-state index in [2.05, 4.69) is 4.99 Å². The largest absolute Gasteiger partial charge is 0.506 e. The van der Waals surface area contributed by atoms with E-state index in [1.54, 1.807) is 49.4 Å². The molecular weight excluding hydrogens is 479 g/mol. The summed E-state index contributed by atoms with van der Waals surface area (Å²) in [6.45, 7) is 7.51. The molecule has 0 aliphatic carbocycles. The Bertz CT molecular complexity index is 1430. The first kappa shape index (κ1) is 25.2. The lowest BCUT2D eigenvalue weighted by Gasteiger charge is -2.09. The molecule has 2 heterocycles. The zero-order valence-electron chi connectivity index (χ0n) is 20.3. The Kier molecular flexibility index (Phi) is 7.26. The van der Waals surface area contributed by atoms with E-state index < -0.39 is 11.9 Å². The average molecular weight is 505 g/mol. The molecule has 8 heteroatoms. The molecule has 184 valence electrons. The lowest BCUT2D eigenvalue weighted by Crippen LogP contribution is -2.14. The fourth-order valence-electron chi connectivity index (χ4n) is 3.91. The van der Waals surface area contributed by atoms with E-state index in [1.165, 1.54) is 12.1 Å². The van der Waals surface area contributed by atoms with E-state index in [-0.39, 0.29) is 28.8 Å². The Morgan fingerprint density at radius 2 is 1.75 bits per heavy atom. The van der Waals surface area contributed by atoms with Crippen molar-refractivity contribution in [1.82, 2.24) is 4.57 Å². The highest BCUT2D eigenvalue weighted by Gasteiger charge is 2.34. The van der Waals surface area contributed by atoms with E-state index >= 15 is 0 Å². The number of aliphatic hydroxyl groups is 1. The van der Waals surface area contributed by atoms with Crippen LogP contribution in [0.1, 0.15) is 39.8 Å². The maximum atomic E-state index is 13.4. The van der Waals surface area contributed by atoms with Gasteiger partial charge in [0.2, 0.25) is 0 Å². The van der Waals surface area contributed by atoms with Crippen LogP contribution in [0.4, 0.5) is 4.39 Å². The SMILES string of the molecule is CCOC(=O)C1=C(O)/C(=C/c2cc(C)n(-c3ccc(F)cc3)c2C)SC1=NC(=O)c1ccc(C)cc1. The molecule has 2 aromatic carbocycles. The number of carbonyl (C=O) groups is 2. The van der Waals surface area contributed by atoms with Gasteiger partial charge in [0.05, 0.1) is 11.5 Å². The molecule has 0 bridgehead atoms. The second-order valence-corrected chi connectivity index (χ2v) is 9.31. The number of esters is 1. The van der Waals surface area contributed by atoms with Gasteiger partial charge in [0.1, 0.15) is 22.2 Å². The molecule has 1 amide bonds. The van der Waals surface area contributed by atoms with Crippen molar-refractivity contribution in [3.63, 3.8) is 0 Å². The predicted octanol–water partition coefficient (Wildman–Crippen LogP) is 6.24. The number of amides is 1. The number of halogens is 1. The molecule has 36 heavy (non-hydrogen) atoms. The van der Waals surface area contributed by atoms with Crippen LogP contribution < -0.4 is 0 Å². The first-order valence-electron chi connectivity index (χ1n) is 11.3. The highest BCUT2D eigenvalue weighted by atomic mass is 32.2. The quantitative estimate of drug-likeness (QED) is 0.416. The molecule has 1 aromatic heterocycles. The number of thioether (sulfide) groups is 1. The molecule has 0 saturated carbocycles. The van der Waals surface area contributed by atoms with Crippen molar-refractivity contribution in [3.05, 3.63) is 105 Å². The van der Waals surface area contributed by atoms with Crippen LogP contribution in [0.2, 0.25) is 0 Å². The third-order valence-electron chi connectivity index (χ3n) is 5.71. The Hall–Kier alpha value is -3.91. The second-order valence-electron chi connectivity index (χ2n) is 8.28. The van der Waals surface area contributed by atoms with Crippen molar-refractivity contribution >= 4 is 34.8 Å². The zero-order chi connectivity index (χ0) is 26.0. The number of hydrogen-bond donors (Lipinski definition) is 1. The smallest absolute Gasteiger partial charge is 0.344 e. The summed E-state index contributed by atoms with van der Waals surface area (Å²) in [6, 6.07) is 15.0. The second kappa shape index (κ2) is 10.4. The number of nitrogens with zero attached hydrogens (tertiary/aromatic N) is 2. The van der Waals surface area contributed by atoms with Gasteiger partial charge in [0.15, 0.2) is 0 Å². The van der Waals surface area contributed by atoms with Crippen LogP contribution >= 0.6 is 11.8 Å². The molecule has 0 fully saturated rings. The number of aromatic nitrogens is 1. The predicted molar refractivity (Wildman–Crippen MR) is 140 cm³/mol. The number of hydrogen-bond acceptors (Lipinski definition) is 5. The maximum Gasteiger partial charge on any atom is 0.344 e. The van der Waals surface area contributed by atoms with Gasteiger partial charge >= 0.3 is 5.97 Å². The van der Waals surface area contributed by atoms with Gasteiger partial charge in [0, 0.05) is 22.6 Å². The van der Waals surface area contributed by atoms with Gasteiger partial charge in [0.25, 0.3) is 5.91 Å². The van der Waals surface area contributed by atoms with E-state index in [0.29, 0.717) is 10.5 Å². The summed E-state index contributed by atoms with van der Waals surface area (Å²) in [5.41, 5.74) is 4.60. The Labute approximate surface area is 212 Å². The summed E-state index contributed by atoms with van der Waals surface area (Å²) >= 11 is 1.03. The van der Waals surface area contributed by atoms with Gasteiger partial charge in [-0.05, 0) is 81.8 Å². The number of aliphatic imine (C=N–C) groups is 1. The van der Waals surface area contributed by atoms with Crippen molar-refractivity contribution in [2.24, 2.45) is 4.99 Å². The summed E-state index contributed by atoms with van der Waals surface area (Å²) in [4.78, 5) is 30.0. The molecule has 6 nitrogen and oxygen atoms in total. The number of carbonyl (C=O) groups excluding carboxylic acids is 2. The Balaban J connectivity index is 1.74. The third kappa shape index (κ3) is 5.04. The number of benzene rings is 2. The lowest BCUT2D eigenvalue weighted by atomic mass is 10.1.